The first-order chi connectivity index (χ1) is 21.6. The summed E-state index contributed by atoms with van der Waals surface area (Å²) >= 11 is 0. The first-order valence-corrected chi connectivity index (χ1v) is 15.1. The third-order valence-corrected chi connectivity index (χ3v) is 8.44. The molecule has 5 aromatic rings. The minimum atomic E-state index is -0.240. The van der Waals surface area contributed by atoms with Gasteiger partial charge in [-0.1, -0.05) is 71.0 Å². The molecule has 4 heterocycles. The number of aryl methyl sites for hydroxylation is 4. The van der Waals surface area contributed by atoms with Crippen LogP contribution in [0.3, 0.4) is 0 Å². The van der Waals surface area contributed by atoms with Crippen LogP contribution < -0.4 is 0 Å². The number of hydrogen-bond acceptors (Lipinski definition) is 8. The summed E-state index contributed by atoms with van der Waals surface area (Å²) in [7, 11) is 0. The Balaban J connectivity index is 0.940. The van der Waals surface area contributed by atoms with Crippen molar-refractivity contribution in [1.82, 2.24) is 30.1 Å². The average Bonchev–Trinajstić information content (AvgIpc) is 3.69. The summed E-state index contributed by atoms with van der Waals surface area (Å²) in [5.74, 6) is 1.96. The molecule has 0 saturated carbocycles. The van der Waals surface area contributed by atoms with Crippen LogP contribution in [-0.2, 0) is 25.7 Å². The Morgan fingerprint density at radius 3 is 1.36 bits per heavy atom. The summed E-state index contributed by atoms with van der Waals surface area (Å²) in [5, 5.41) is 8.26. The molecule has 10 heteroatoms. The molecule has 0 aliphatic carbocycles. The van der Waals surface area contributed by atoms with Crippen LogP contribution in [0.15, 0.2) is 94.0 Å². The van der Waals surface area contributed by atoms with E-state index in [1.54, 1.807) is 34.1 Å². The van der Waals surface area contributed by atoms with E-state index in [9.17, 15) is 9.59 Å². The van der Waals surface area contributed by atoms with Crippen molar-refractivity contribution in [2.24, 2.45) is 0 Å². The van der Waals surface area contributed by atoms with Crippen LogP contribution in [0, 0.1) is 0 Å². The van der Waals surface area contributed by atoms with Crippen molar-refractivity contribution in [3.63, 3.8) is 0 Å². The number of nitrogens with zero attached hydrogens (tertiary/aromatic N) is 6. The Morgan fingerprint density at radius 1 is 0.591 bits per heavy atom. The van der Waals surface area contributed by atoms with Crippen LogP contribution >= 0.6 is 0 Å². The van der Waals surface area contributed by atoms with Crippen LogP contribution in [0.1, 0.15) is 80.2 Å². The quantitative estimate of drug-likeness (QED) is 0.219. The van der Waals surface area contributed by atoms with Crippen LogP contribution in [0.4, 0.5) is 0 Å². The Morgan fingerprint density at radius 2 is 1.00 bits per heavy atom. The van der Waals surface area contributed by atoms with Crippen molar-refractivity contribution >= 4 is 11.8 Å². The summed E-state index contributed by atoms with van der Waals surface area (Å²) in [6.45, 7) is 1.22. The maximum atomic E-state index is 13.3. The number of carbonyl (C=O) groups is 2. The number of aromatic nitrogens is 4. The molecule has 0 unspecified atom stereocenters. The molecule has 0 N–H and O–H groups in total. The summed E-state index contributed by atoms with van der Waals surface area (Å²) < 4.78 is 11.1. The number of rotatable bonds is 10. The van der Waals surface area contributed by atoms with Gasteiger partial charge in [-0.15, -0.1) is 0 Å². The van der Waals surface area contributed by atoms with E-state index in [0.717, 1.165) is 25.7 Å². The molecule has 7 rings (SSSR count). The zero-order valence-corrected chi connectivity index (χ0v) is 24.2. The number of likely N-dealkylation sites (tertiary alicyclic amines) is 2. The van der Waals surface area contributed by atoms with Gasteiger partial charge < -0.3 is 18.8 Å². The van der Waals surface area contributed by atoms with Gasteiger partial charge in [-0.25, -0.2) is 0 Å². The molecule has 2 fully saturated rings. The molecular weight excluding hydrogens is 556 g/mol. The summed E-state index contributed by atoms with van der Waals surface area (Å²) in [6, 6.07) is 26.7. The van der Waals surface area contributed by atoms with E-state index in [0.29, 0.717) is 60.5 Å². The van der Waals surface area contributed by atoms with Crippen molar-refractivity contribution in [2.75, 3.05) is 13.1 Å². The molecule has 0 bridgehead atoms. The van der Waals surface area contributed by atoms with Gasteiger partial charge in [0.05, 0.1) is 0 Å². The number of amides is 2. The maximum Gasteiger partial charge on any atom is 0.254 e. The number of benzene rings is 3. The molecular formula is C34H32N6O4. The monoisotopic (exact) mass is 588 g/mol. The maximum absolute atomic E-state index is 13.3. The highest BCUT2D eigenvalue weighted by Crippen LogP contribution is 2.35. The standard InChI is InChI=1S/C34H32N6O4/c41-33(39-21-19-27(39)31-35-29(37-43-31)17-11-23-7-3-1-4-8-23)25-13-15-26(16-14-25)34(42)40-22-20-28(40)32-36-30(38-44-32)18-12-24-9-5-2-6-10-24/h1-10,13-16,27-28H,11-12,17-22H2/t27-,28-/m0/s1. The van der Waals surface area contributed by atoms with Crippen molar-refractivity contribution in [3.05, 3.63) is 131 Å². The van der Waals surface area contributed by atoms with Crippen LogP contribution in [0.25, 0.3) is 0 Å². The van der Waals surface area contributed by atoms with Crippen molar-refractivity contribution < 1.29 is 18.6 Å². The van der Waals surface area contributed by atoms with Crippen molar-refractivity contribution in [3.8, 4) is 0 Å². The Bertz CT molecular complexity index is 1610. The van der Waals surface area contributed by atoms with Crippen LogP contribution in [0.2, 0.25) is 0 Å². The second-order valence-corrected chi connectivity index (χ2v) is 11.3. The third-order valence-electron chi connectivity index (χ3n) is 8.44. The first-order valence-electron chi connectivity index (χ1n) is 15.1. The molecule has 2 aromatic heterocycles. The predicted octanol–water partition coefficient (Wildman–Crippen LogP) is 5.20. The highest BCUT2D eigenvalue weighted by Gasteiger charge is 2.39. The lowest BCUT2D eigenvalue weighted by Gasteiger charge is -2.39. The van der Waals surface area contributed by atoms with E-state index < -0.39 is 0 Å². The van der Waals surface area contributed by atoms with Gasteiger partial charge in [0.15, 0.2) is 11.6 Å². The van der Waals surface area contributed by atoms with Crippen LogP contribution in [-0.4, -0.2) is 55.0 Å². The second-order valence-electron chi connectivity index (χ2n) is 11.3. The van der Waals surface area contributed by atoms with Gasteiger partial charge in [-0.05, 0) is 61.1 Å². The zero-order valence-electron chi connectivity index (χ0n) is 24.2. The molecule has 10 nitrogen and oxygen atoms in total. The molecule has 3 aromatic carbocycles. The molecule has 44 heavy (non-hydrogen) atoms. The predicted molar refractivity (Wildman–Crippen MR) is 160 cm³/mol. The molecule has 2 amide bonds. The largest absolute Gasteiger partial charge is 0.337 e. The highest BCUT2D eigenvalue weighted by molar-refractivity contribution is 5.98. The lowest BCUT2D eigenvalue weighted by atomic mass is 9.99. The fourth-order valence-corrected chi connectivity index (χ4v) is 5.67. The van der Waals surface area contributed by atoms with E-state index in [4.69, 9.17) is 9.05 Å². The summed E-state index contributed by atoms with van der Waals surface area (Å²) in [5.41, 5.74) is 3.44. The second kappa shape index (κ2) is 12.2. The third kappa shape index (κ3) is 5.75. The van der Waals surface area contributed by atoms with Gasteiger partial charge in [0.2, 0.25) is 11.8 Å². The van der Waals surface area contributed by atoms with E-state index >= 15 is 0 Å². The lowest BCUT2D eigenvalue weighted by Crippen LogP contribution is -2.45. The molecule has 2 aliphatic rings. The zero-order chi connectivity index (χ0) is 29.9. The van der Waals surface area contributed by atoms with Gasteiger partial charge in [0.1, 0.15) is 12.1 Å². The molecule has 2 saturated heterocycles. The minimum Gasteiger partial charge on any atom is -0.337 e. The fourth-order valence-electron chi connectivity index (χ4n) is 5.67. The lowest BCUT2D eigenvalue weighted by molar-refractivity contribution is 0.0369. The fraction of sp³-hybridized carbons (Fsp3) is 0.294. The normalized spacial score (nSPS) is 17.6. The van der Waals surface area contributed by atoms with Gasteiger partial charge in [-0.2, -0.15) is 9.97 Å². The topological polar surface area (TPSA) is 118 Å². The minimum absolute atomic E-state index is 0.125. The summed E-state index contributed by atoms with van der Waals surface area (Å²) in [6.07, 6.45) is 4.51. The number of carbonyl (C=O) groups excluding carboxylic acids is 2. The van der Waals surface area contributed by atoms with Gasteiger partial charge in [-0.3, -0.25) is 9.59 Å². The molecule has 2 atom stereocenters. The first kappa shape index (κ1) is 27.7. The van der Waals surface area contributed by atoms with Gasteiger partial charge in [0.25, 0.3) is 11.8 Å². The molecule has 0 spiro atoms. The Hall–Kier alpha value is -5.12. The highest BCUT2D eigenvalue weighted by atomic mass is 16.5. The van der Waals surface area contributed by atoms with E-state index in [1.807, 2.05) is 36.4 Å². The molecule has 222 valence electrons. The van der Waals surface area contributed by atoms with Crippen molar-refractivity contribution in [2.45, 2.75) is 50.6 Å². The van der Waals surface area contributed by atoms with Crippen LogP contribution in [0.5, 0.6) is 0 Å². The summed E-state index contributed by atoms with van der Waals surface area (Å²) in [4.78, 5) is 39.2. The number of hydrogen-bond donors (Lipinski definition) is 0. The van der Waals surface area contributed by atoms with E-state index in [1.165, 1.54) is 11.1 Å². The van der Waals surface area contributed by atoms with Gasteiger partial charge in [0, 0.05) is 37.1 Å². The molecule has 2 aliphatic heterocycles. The van der Waals surface area contributed by atoms with Gasteiger partial charge >= 0.3 is 0 Å². The molecule has 0 radical (unpaired) electrons. The Kier molecular flexibility index (Phi) is 7.70. The average molecular weight is 589 g/mol. The van der Waals surface area contributed by atoms with E-state index in [-0.39, 0.29) is 23.9 Å². The Labute approximate surface area is 254 Å². The SMILES string of the molecule is O=C(c1ccc(C(=O)N2CC[C@H]2c2nc(CCc3ccccc3)no2)cc1)N1CC[C@H]1c1nc(CCc2ccccc2)no1. The van der Waals surface area contributed by atoms with E-state index in [2.05, 4.69) is 44.5 Å². The smallest absolute Gasteiger partial charge is 0.254 e. The van der Waals surface area contributed by atoms with Crippen molar-refractivity contribution in [1.29, 1.82) is 0 Å².